The van der Waals surface area contributed by atoms with E-state index in [-0.39, 0.29) is 22.2 Å². The molecule has 0 atom stereocenters. The zero-order valence-electron chi connectivity index (χ0n) is 14.8. The fraction of sp³-hybridized carbons (Fsp3) is 0.278. The molecule has 0 aliphatic carbocycles. The average Bonchev–Trinajstić information content (AvgIpc) is 3.16. The minimum atomic E-state index is -4.15. The lowest BCUT2D eigenvalue weighted by Gasteiger charge is -2.27. The monoisotopic (exact) mass is 420 g/mol. The SMILES string of the molecule is O=C(c1ccc(F)cc1NS(=O)(=O)c1nccc2sncc12)N1CCCCC1. The zero-order valence-corrected chi connectivity index (χ0v) is 16.4. The predicted octanol–water partition coefficient (Wildman–Crippen LogP) is 3.26. The molecule has 1 aliphatic rings. The van der Waals surface area contributed by atoms with Gasteiger partial charge in [-0.05, 0) is 55.1 Å². The number of aromatic nitrogens is 2. The number of nitrogens with one attached hydrogen (secondary N) is 1. The number of carbonyl (C=O) groups excluding carboxylic acids is 1. The Morgan fingerprint density at radius 2 is 1.96 bits per heavy atom. The second-order valence-corrected chi connectivity index (χ2v) is 8.93. The Bertz CT molecular complexity index is 1140. The van der Waals surface area contributed by atoms with E-state index in [1.54, 1.807) is 11.0 Å². The van der Waals surface area contributed by atoms with Crippen molar-refractivity contribution in [2.24, 2.45) is 0 Å². The summed E-state index contributed by atoms with van der Waals surface area (Å²) in [5.74, 6) is -0.961. The first kappa shape index (κ1) is 18.8. The largest absolute Gasteiger partial charge is 0.339 e. The van der Waals surface area contributed by atoms with Crippen molar-refractivity contribution < 1.29 is 17.6 Å². The van der Waals surface area contributed by atoms with Gasteiger partial charge in [-0.25, -0.2) is 9.37 Å². The highest BCUT2D eigenvalue weighted by Gasteiger charge is 2.26. The predicted molar refractivity (Wildman–Crippen MR) is 104 cm³/mol. The Morgan fingerprint density at radius 3 is 2.75 bits per heavy atom. The summed E-state index contributed by atoms with van der Waals surface area (Å²) in [5.41, 5.74) is 0.0139. The number of amides is 1. The Kier molecular flexibility index (Phi) is 4.98. The van der Waals surface area contributed by atoms with Crippen LogP contribution < -0.4 is 4.72 Å². The Morgan fingerprint density at radius 1 is 1.18 bits per heavy atom. The molecule has 0 bridgehead atoms. The number of anilines is 1. The summed E-state index contributed by atoms with van der Waals surface area (Å²) < 4.78 is 46.7. The van der Waals surface area contributed by atoms with Gasteiger partial charge in [-0.2, -0.15) is 12.8 Å². The lowest BCUT2D eigenvalue weighted by atomic mass is 10.1. The van der Waals surface area contributed by atoms with E-state index in [0.717, 1.165) is 42.9 Å². The highest BCUT2D eigenvalue weighted by molar-refractivity contribution is 7.92. The van der Waals surface area contributed by atoms with Crippen LogP contribution in [0.5, 0.6) is 0 Å². The molecule has 0 radical (unpaired) electrons. The highest BCUT2D eigenvalue weighted by Crippen LogP contribution is 2.27. The molecule has 1 amide bonds. The van der Waals surface area contributed by atoms with Crippen LogP contribution in [-0.4, -0.2) is 41.7 Å². The van der Waals surface area contributed by atoms with Crippen molar-refractivity contribution in [2.75, 3.05) is 17.8 Å². The maximum absolute atomic E-state index is 13.9. The molecule has 4 rings (SSSR count). The Labute approximate surface area is 165 Å². The summed E-state index contributed by atoms with van der Waals surface area (Å²) in [6, 6.07) is 5.14. The maximum atomic E-state index is 13.9. The summed E-state index contributed by atoms with van der Waals surface area (Å²) in [4.78, 5) is 18.5. The van der Waals surface area contributed by atoms with Crippen LogP contribution in [0.25, 0.3) is 10.1 Å². The van der Waals surface area contributed by atoms with Gasteiger partial charge in [0.05, 0.1) is 27.5 Å². The molecule has 0 saturated carbocycles. The van der Waals surface area contributed by atoms with E-state index in [2.05, 4.69) is 14.1 Å². The van der Waals surface area contributed by atoms with Crippen molar-refractivity contribution >= 4 is 43.2 Å². The van der Waals surface area contributed by atoms with E-state index in [0.29, 0.717) is 23.2 Å². The lowest BCUT2D eigenvalue weighted by Crippen LogP contribution is -2.36. The fourth-order valence-electron chi connectivity index (χ4n) is 3.23. The Hall–Kier alpha value is -2.59. The Balaban J connectivity index is 1.72. The number of hydrogen-bond acceptors (Lipinski definition) is 6. The zero-order chi connectivity index (χ0) is 19.7. The number of piperidine rings is 1. The number of carbonyl (C=O) groups is 1. The molecular formula is C18H17FN4O3S2. The van der Waals surface area contributed by atoms with Crippen LogP contribution in [0.1, 0.15) is 29.6 Å². The van der Waals surface area contributed by atoms with Gasteiger partial charge in [-0.15, -0.1) is 0 Å². The molecule has 2 aromatic heterocycles. The maximum Gasteiger partial charge on any atom is 0.280 e. The van der Waals surface area contributed by atoms with E-state index in [9.17, 15) is 17.6 Å². The van der Waals surface area contributed by atoms with Crippen LogP contribution in [0.3, 0.4) is 0 Å². The number of fused-ring (bicyclic) bond motifs is 1. The molecule has 1 fully saturated rings. The van der Waals surface area contributed by atoms with E-state index in [1.165, 1.54) is 18.5 Å². The van der Waals surface area contributed by atoms with Gasteiger partial charge in [0.2, 0.25) is 0 Å². The topological polar surface area (TPSA) is 92.3 Å². The van der Waals surface area contributed by atoms with E-state index in [1.807, 2.05) is 0 Å². The van der Waals surface area contributed by atoms with Crippen molar-refractivity contribution in [2.45, 2.75) is 24.3 Å². The van der Waals surface area contributed by atoms with Crippen LogP contribution in [0.4, 0.5) is 10.1 Å². The third-order valence-electron chi connectivity index (χ3n) is 4.60. The first-order chi connectivity index (χ1) is 13.5. The van der Waals surface area contributed by atoms with Crippen molar-refractivity contribution in [3.05, 3.63) is 48.0 Å². The molecule has 3 aromatic rings. The minimum absolute atomic E-state index is 0.0995. The van der Waals surface area contributed by atoms with Crippen LogP contribution >= 0.6 is 11.5 Å². The van der Waals surface area contributed by atoms with Crippen molar-refractivity contribution in [1.29, 1.82) is 0 Å². The molecule has 28 heavy (non-hydrogen) atoms. The average molecular weight is 420 g/mol. The molecule has 0 unspecified atom stereocenters. The van der Waals surface area contributed by atoms with Gasteiger partial charge in [0.1, 0.15) is 5.82 Å². The number of rotatable bonds is 4. The molecule has 146 valence electrons. The normalized spacial score (nSPS) is 15.0. The van der Waals surface area contributed by atoms with Gasteiger partial charge in [0.15, 0.2) is 5.03 Å². The quantitative estimate of drug-likeness (QED) is 0.699. The lowest BCUT2D eigenvalue weighted by molar-refractivity contribution is 0.0725. The van der Waals surface area contributed by atoms with Crippen molar-refractivity contribution in [3.63, 3.8) is 0 Å². The number of benzene rings is 1. The molecule has 1 aliphatic heterocycles. The summed E-state index contributed by atoms with van der Waals surface area (Å²) in [5, 5.41) is 0.166. The molecule has 10 heteroatoms. The standard InChI is InChI=1S/C18H17FN4O3S2/c19-12-4-5-13(18(24)23-8-2-1-3-9-23)15(10-12)22-28(25,26)17-14-11-21-27-16(14)6-7-20-17/h4-7,10-11,22H,1-3,8-9H2. The van der Waals surface area contributed by atoms with Gasteiger partial charge in [0, 0.05) is 19.3 Å². The van der Waals surface area contributed by atoms with Crippen LogP contribution in [0.2, 0.25) is 0 Å². The van der Waals surface area contributed by atoms with Gasteiger partial charge < -0.3 is 4.90 Å². The molecule has 1 N–H and O–H groups in total. The molecular weight excluding hydrogens is 403 g/mol. The summed E-state index contributed by atoms with van der Waals surface area (Å²) in [6.45, 7) is 1.20. The number of nitrogens with zero attached hydrogens (tertiary/aromatic N) is 3. The van der Waals surface area contributed by atoms with Crippen molar-refractivity contribution in [1.82, 2.24) is 14.3 Å². The third kappa shape index (κ3) is 3.57. The second kappa shape index (κ2) is 7.44. The minimum Gasteiger partial charge on any atom is -0.339 e. The van der Waals surface area contributed by atoms with Crippen LogP contribution in [-0.2, 0) is 10.0 Å². The fourth-order valence-corrected chi connectivity index (χ4v) is 5.15. The molecule has 0 spiro atoms. The molecule has 1 saturated heterocycles. The van der Waals surface area contributed by atoms with Crippen LogP contribution in [0, 0.1) is 5.82 Å². The smallest absolute Gasteiger partial charge is 0.280 e. The number of pyridine rings is 1. The summed E-state index contributed by atoms with van der Waals surface area (Å²) >= 11 is 1.15. The third-order valence-corrected chi connectivity index (χ3v) is 6.69. The number of sulfonamides is 1. The summed E-state index contributed by atoms with van der Waals surface area (Å²) in [7, 11) is -4.15. The van der Waals surface area contributed by atoms with Gasteiger partial charge in [-0.3, -0.25) is 9.52 Å². The summed E-state index contributed by atoms with van der Waals surface area (Å²) in [6.07, 6.45) is 5.64. The second-order valence-electron chi connectivity index (χ2n) is 6.50. The van der Waals surface area contributed by atoms with Gasteiger partial charge in [0.25, 0.3) is 15.9 Å². The van der Waals surface area contributed by atoms with Gasteiger partial charge in [-0.1, -0.05) is 0 Å². The van der Waals surface area contributed by atoms with Crippen molar-refractivity contribution in [3.8, 4) is 0 Å². The highest BCUT2D eigenvalue weighted by atomic mass is 32.2. The number of likely N-dealkylation sites (tertiary alicyclic amines) is 1. The van der Waals surface area contributed by atoms with E-state index >= 15 is 0 Å². The molecule has 7 nitrogen and oxygen atoms in total. The molecule has 3 heterocycles. The first-order valence-corrected chi connectivity index (χ1v) is 11.0. The van der Waals surface area contributed by atoms with E-state index in [4.69, 9.17) is 0 Å². The van der Waals surface area contributed by atoms with Crippen LogP contribution in [0.15, 0.2) is 41.7 Å². The molecule has 1 aromatic carbocycles. The number of halogens is 1. The van der Waals surface area contributed by atoms with E-state index < -0.39 is 15.8 Å². The first-order valence-electron chi connectivity index (χ1n) is 8.77. The van der Waals surface area contributed by atoms with Gasteiger partial charge >= 0.3 is 0 Å². The number of hydrogen-bond donors (Lipinski definition) is 1.